The Hall–Kier alpha value is -1.55. The van der Waals surface area contributed by atoms with E-state index in [2.05, 4.69) is 31.2 Å². The van der Waals surface area contributed by atoms with E-state index >= 15 is 0 Å². The molecule has 1 aromatic carbocycles. The summed E-state index contributed by atoms with van der Waals surface area (Å²) in [4.78, 5) is 4.19. The minimum absolute atomic E-state index is 0.472. The van der Waals surface area contributed by atoms with Gasteiger partial charge in [0.1, 0.15) is 5.75 Å². The molecule has 3 nitrogen and oxygen atoms in total. The normalized spacial score (nSPS) is 11.5. The molecule has 0 aliphatic heterocycles. The molecule has 17 heavy (non-hydrogen) atoms. The highest BCUT2D eigenvalue weighted by molar-refractivity contribution is 6.70. The van der Waals surface area contributed by atoms with Gasteiger partial charge in [0.25, 0.3) is 0 Å². The fourth-order valence-corrected chi connectivity index (χ4v) is 1.98. The summed E-state index contributed by atoms with van der Waals surface area (Å²) in [5, 5.41) is 0. The van der Waals surface area contributed by atoms with Crippen molar-refractivity contribution in [2.45, 2.75) is 19.6 Å². The predicted octanol–water partition coefficient (Wildman–Crippen LogP) is 3.44. The lowest BCUT2D eigenvalue weighted by Crippen LogP contribution is -2.24. The van der Waals surface area contributed by atoms with Gasteiger partial charge in [0, 0.05) is 6.21 Å². The van der Waals surface area contributed by atoms with Crippen molar-refractivity contribution in [3.63, 3.8) is 0 Å². The Labute approximate surface area is 104 Å². The van der Waals surface area contributed by atoms with Gasteiger partial charge in [-0.2, -0.15) is 0 Å². The van der Waals surface area contributed by atoms with Crippen LogP contribution in [0.2, 0.25) is 19.6 Å². The van der Waals surface area contributed by atoms with E-state index in [9.17, 15) is 0 Å². The lowest BCUT2D eigenvalue weighted by Gasteiger charge is -2.17. The number of benzene rings is 1. The van der Waals surface area contributed by atoms with Crippen LogP contribution in [-0.4, -0.2) is 21.6 Å². The molecule has 0 aliphatic carbocycles. The maximum Gasteiger partial charge on any atom is 0.244 e. The van der Waals surface area contributed by atoms with Gasteiger partial charge in [-0.1, -0.05) is 0 Å². The maximum absolute atomic E-state index is 5.63. The van der Waals surface area contributed by atoms with Gasteiger partial charge in [0.05, 0.1) is 7.11 Å². The Morgan fingerprint density at radius 2 is 1.82 bits per heavy atom. The van der Waals surface area contributed by atoms with Crippen LogP contribution < -0.4 is 4.74 Å². The molecule has 0 aliphatic rings. The zero-order valence-electron chi connectivity index (χ0n) is 10.9. The molecule has 0 aromatic heterocycles. The summed E-state index contributed by atoms with van der Waals surface area (Å²) >= 11 is 0. The topological polar surface area (TPSA) is 30.8 Å². The standard InChI is InChI=1S/C13H19NO2Si/c1-11(16-17(3,4)5)14-10-12-6-8-13(15-2)9-7-12/h6-10H,1H2,2-5H3/b14-10+. The molecule has 4 heteroatoms. The first-order valence-corrected chi connectivity index (χ1v) is 8.87. The third-order valence-electron chi connectivity index (χ3n) is 1.90. The number of nitrogens with zero attached hydrogens (tertiary/aromatic N) is 1. The molecule has 0 saturated heterocycles. The number of aliphatic imine (C=N–C) groups is 1. The summed E-state index contributed by atoms with van der Waals surface area (Å²) < 4.78 is 10.7. The molecule has 0 spiro atoms. The second-order valence-electron chi connectivity index (χ2n) is 4.64. The minimum atomic E-state index is -1.61. The highest BCUT2D eigenvalue weighted by atomic mass is 28.4. The lowest BCUT2D eigenvalue weighted by atomic mass is 10.2. The van der Waals surface area contributed by atoms with Crippen LogP contribution in [0.3, 0.4) is 0 Å². The lowest BCUT2D eigenvalue weighted by molar-refractivity contribution is 0.415. The third-order valence-corrected chi connectivity index (χ3v) is 2.75. The number of rotatable bonds is 5. The van der Waals surface area contributed by atoms with Gasteiger partial charge in [0.15, 0.2) is 5.88 Å². The molecule has 0 heterocycles. The summed E-state index contributed by atoms with van der Waals surface area (Å²) in [5.74, 6) is 1.30. The first kappa shape index (κ1) is 13.5. The van der Waals surface area contributed by atoms with E-state index in [4.69, 9.17) is 9.16 Å². The van der Waals surface area contributed by atoms with Crippen LogP contribution in [0.15, 0.2) is 41.7 Å². The summed E-state index contributed by atoms with van der Waals surface area (Å²) in [6.07, 6.45) is 1.74. The predicted molar refractivity (Wildman–Crippen MR) is 74.2 cm³/mol. The van der Waals surface area contributed by atoms with Crippen molar-refractivity contribution >= 4 is 14.5 Å². The smallest absolute Gasteiger partial charge is 0.244 e. The van der Waals surface area contributed by atoms with Gasteiger partial charge in [-0.15, -0.1) is 0 Å². The Bertz CT molecular complexity index is 404. The van der Waals surface area contributed by atoms with Crippen molar-refractivity contribution in [3.8, 4) is 5.75 Å². The average molecular weight is 249 g/mol. The van der Waals surface area contributed by atoms with Crippen LogP contribution in [0.1, 0.15) is 5.56 Å². The number of hydrogen-bond acceptors (Lipinski definition) is 3. The fourth-order valence-electron chi connectivity index (χ4n) is 1.22. The van der Waals surface area contributed by atoms with Crippen LogP contribution >= 0.6 is 0 Å². The number of methoxy groups -OCH3 is 1. The molecule has 0 fully saturated rings. The second-order valence-corrected chi connectivity index (χ2v) is 9.07. The van der Waals surface area contributed by atoms with Crippen LogP contribution in [-0.2, 0) is 4.43 Å². The molecule has 1 aromatic rings. The molecule has 0 bridgehead atoms. The van der Waals surface area contributed by atoms with E-state index < -0.39 is 8.32 Å². The molecule has 0 atom stereocenters. The molecule has 0 radical (unpaired) electrons. The SMILES string of the molecule is C=C(/N=C/c1ccc(OC)cc1)O[Si](C)(C)C. The van der Waals surface area contributed by atoms with Gasteiger partial charge >= 0.3 is 0 Å². The Balaban J connectivity index is 2.61. The van der Waals surface area contributed by atoms with Gasteiger partial charge in [-0.25, -0.2) is 4.99 Å². The first-order chi connectivity index (χ1) is 7.90. The van der Waals surface area contributed by atoms with Crippen molar-refractivity contribution in [1.82, 2.24) is 0 Å². The number of ether oxygens (including phenoxy) is 1. The highest BCUT2D eigenvalue weighted by Gasteiger charge is 2.16. The van der Waals surface area contributed by atoms with Crippen LogP contribution in [0.4, 0.5) is 0 Å². The fraction of sp³-hybridized carbons (Fsp3) is 0.308. The first-order valence-electron chi connectivity index (χ1n) is 5.47. The third kappa shape index (κ3) is 5.35. The Kier molecular flexibility index (Phi) is 4.51. The van der Waals surface area contributed by atoms with Gasteiger partial charge in [-0.3, -0.25) is 0 Å². The van der Waals surface area contributed by atoms with E-state index in [0.29, 0.717) is 5.88 Å². The largest absolute Gasteiger partial charge is 0.532 e. The molecular weight excluding hydrogens is 230 g/mol. The van der Waals surface area contributed by atoms with Crippen molar-refractivity contribution < 1.29 is 9.16 Å². The average Bonchev–Trinajstić information content (AvgIpc) is 2.25. The summed E-state index contributed by atoms with van der Waals surface area (Å²) in [5.41, 5.74) is 0.992. The molecule has 1 rings (SSSR count). The second kappa shape index (κ2) is 5.68. The molecule has 0 N–H and O–H groups in total. The van der Waals surface area contributed by atoms with Crippen molar-refractivity contribution in [3.05, 3.63) is 42.3 Å². The van der Waals surface area contributed by atoms with Crippen LogP contribution in [0, 0.1) is 0 Å². The van der Waals surface area contributed by atoms with E-state index in [1.807, 2.05) is 24.3 Å². The summed E-state index contributed by atoms with van der Waals surface area (Å²) in [7, 11) is 0.0391. The minimum Gasteiger partial charge on any atom is -0.532 e. The molecule has 0 saturated carbocycles. The van der Waals surface area contributed by atoms with Crippen molar-refractivity contribution in [2.75, 3.05) is 7.11 Å². The monoisotopic (exact) mass is 249 g/mol. The van der Waals surface area contributed by atoms with Gasteiger partial charge < -0.3 is 9.16 Å². The quantitative estimate of drug-likeness (QED) is 0.455. The van der Waals surface area contributed by atoms with E-state index in [1.165, 1.54) is 0 Å². The zero-order chi connectivity index (χ0) is 12.9. The number of hydrogen-bond donors (Lipinski definition) is 0. The van der Waals surface area contributed by atoms with Crippen molar-refractivity contribution in [1.29, 1.82) is 0 Å². The molecule has 0 amide bonds. The van der Waals surface area contributed by atoms with Gasteiger partial charge in [0.2, 0.25) is 8.32 Å². The molecule has 92 valence electrons. The molecule has 0 unspecified atom stereocenters. The van der Waals surface area contributed by atoms with Crippen molar-refractivity contribution in [2.24, 2.45) is 4.99 Å². The summed E-state index contributed by atoms with van der Waals surface area (Å²) in [6, 6.07) is 7.65. The van der Waals surface area contributed by atoms with E-state index in [-0.39, 0.29) is 0 Å². The van der Waals surface area contributed by atoms with E-state index in [0.717, 1.165) is 11.3 Å². The Morgan fingerprint density at radius 3 is 2.29 bits per heavy atom. The van der Waals surface area contributed by atoms with Crippen LogP contribution in [0.25, 0.3) is 0 Å². The highest BCUT2D eigenvalue weighted by Crippen LogP contribution is 2.12. The maximum atomic E-state index is 5.63. The van der Waals surface area contributed by atoms with Crippen LogP contribution in [0.5, 0.6) is 5.75 Å². The Morgan fingerprint density at radius 1 is 1.24 bits per heavy atom. The molecular formula is C13H19NO2Si. The van der Waals surface area contributed by atoms with Gasteiger partial charge in [-0.05, 0) is 56.0 Å². The zero-order valence-corrected chi connectivity index (χ0v) is 11.9. The summed E-state index contributed by atoms with van der Waals surface area (Å²) in [6.45, 7) is 10.1. The van der Waals surface area contributed by atoms with E-state index in [1.54, 1.807) is 13.3 Å².